The van der Waals surface area contributed by atoms with Crippen LogP contribution in [0.3, 0.4) is 0 Å². The maximum absolute atomic E-state index is 5.63. The number of fused-ring (bicyclic) bond motifs is 1. The molecule has 0 saturated heterocycles. The Morgan fingerprint density at radius 3 is 2.48 bits per heavy atom. The largest absolute Gasteiger partial charge is 0.497 e. The summed E-state index contributed by atoms with van der Waals surface area (Å²) < 4.78 is 5.17. The van der Waals surface area contributed by atoms with Crippen molar-refractivity contribution in [1.29, 1.82) is 0 Å². The number of nitrogens with zero attached hydrogens (tertiary/aromatic N) is 2. The quantitative estimate of drug-likeness (QED) is 0.573. The molecule has 2 heterocycles. The van der Waals surface area contributed by atoms with E-state index in [4.69, 9.17) is 10.6 Å². The van der Waals surface area contributed by atoms with Crippen molar-refractivity contribution in [3.63, 3.8) is 0 Å². The lowest BCUT2D eigenvalue weighted by molar-refractivity contribution is 0.415. The summed E-state index contributed by atoms with van der Waals surface area (Å²) in [5.41, 5.74) is 4.79. The molecule has 0 radical (unpaired) electrons. The number of aromatic nitrogens is 2. The average Bonchev–Trinajstić information content (AvgIpc) is 2.81. The van der Waals surface area contributed by atoms with Crippen LogP contribution in [-0.2, 0) is 0 Å². The summed E-state index contributed by atoms with van der Waals surface area (Å²) in [6.07, 6.45) is 0. The van der Waals surface area contributed by atoms with E-state index in [1.165, 1.54) is 10.4 Å². The van der Waals surface area contributed by atoms with E-state index in [-0.39, 0.29) is 0 Å². The van der Waals surface area contributed by atoms with Gasteiger partial charge >= 0.3 is 0 Å². The van der Waals surface area contributed by atoms with Crippen LogP contribution in [0, 0.1) is 13.8 Å². The predicted octanol–water partition coefficient (Wildman–Crippen LogP) is 3.27. The van der Waals surface area contributed by atoms with Gasteiger partial charge in [-0.05, 0) is 43.7 Å². The van der Waals surface area contributed by atoms with Crippen molar-refractivity contribution in [2.24, 2.45) is 5.84 Å². The summed E-state index contributed by atoms with van der Waals surface area (Å²) in [5.74, 6) is 7.75. The van der Waals surface area contributed by atoms with Gasteiger partial charge in [0.25, 0.3) is 0 Å². The summed E-state index contributed by atoms with van der Waals surface area (Å²) in [6, 6.07) is 7.66. The van der Waals surface area contributed by atoms with E-state index in [0.29, 0.717) is 11.6 Å². The molecule has 6 heteroatoms. The van der Waals surface area contributed by atoms with Crippen molar-refractivity contribution in [3.8, 4) is 17.1 Å². The molecule has 0 amide bonds. The van der Waals surface area contributed by atoms with Gasteiger partial charge in [0.05, 0.1) is 12.5 Å². The minimum atomic E-state index is 0.652. The molecule has 3 aromatic rings. The fourth-order valence-electron chi connectivity index (χ4n) is 2.22. The van der Waals surface area contributed by atoms with E-state index in [1.807, 2.05) is 24.3 Å². The molecule has 5 nitrogen and oxygen atoms in total. The van der Waals surface area contributed by atoms with Crippen molar-refractivity contribution in [3.05, 3.63) is 34.7 Å². The molecule has 0 saturated carbocycles. The highest BCUT2D eigenvalue weighted by Crippen LogP contribution is 2.34. The Balaban J connectivity index is 2.18. The van der Waals surface area contributed by atoms with Gasteiger partial charge in [-0.1, -0.05) is 0 Å². The first kappa shape index (κ1) is 13.8. The summed E-state index contributed by atoms with van der Waals surface area (Å²) in [4.78, 5) is 11.4. The maximum Gasteiger partial charge on any atom is 0.163 e. The Hall–Kier alpha value is -2.18. The first-order valence-electron chi connectivity index (χ1n) is 6.53. The topological polar surface area (TPSA) is 73.1 Å². The summed E-state index contributed by atoms with van der Waals surface area (Å²) >= 11 is 1.65. The van der Waals surface area contributed by atoms with E-state index < -0.39 is 0 Å². The highest BCUT2D eigenvalue weighted by Gasteiger charge is 2.14. The standard InChI is InChI=1S/C15H16N4OS/c1-8-9(2)21-15-12(8)14(19-16)17-13(18-15)10-4-6-11(20-3)7-5-10/h4-7H,16H2,1-3H3,(H,17,18,19). The van der Waals surface area contributed by atoms with Gasteiger partial charge < -0.3 is 10.2 Å². The van der Waals surface area contributed by atoms with Crippen LogP contribution < -0.4 is 16.0 Å². The molecule has 0 aliphatic rings. The molecule has 21 heavy (non-hydrogen) atoms. The number of benzene rings is 1. The van der Waals surface area contributed by atoms with Gasteiger partial charge in [-0.15, -0.1) is 11.3 Å². The zero-order valence-corrected chi connectivity index (χ0v) is 12.9. The third-order valence-electron chi connectivity index (χ3n) is 3.51. The van der Waals surface area contributed by atoms with Gasteiger partial charge in [0.2, 0.25) is 0 Å². The number of hydrazine groups is 1. The Kier molecular flexibility index (Phi) is 3.48. The van der Waals surface area contributed by atoms with Crippen molar-refractivity contribution in [1.82, 2.24) is 9.97 Å². The molecule has 1 aromatic carbocycles. The number of hydrogen-bond donors (Lipinski definition) is 2. The van der Waals surface area contributed by atoms with Gasteiger partial charge in [0.1, 0.15) is 10.6 Å². The molecule has 2 aromatic heterocycles. The molecule has 3 rings (SSSR count). The van der Waals surface area contributed by atoms with Crippen LogP contribution in [0.5, 0.6) is 5.75 Å². The molecule has 0 bridgehead atoms. The number of anilines is 1. The van der Waals surface area contributed by atoms with E-state index in [1.54, 1.807) is 18.4 Å². The van der Waals surface area contributed by atoms with Crippen LogP contribution in [-0.4, -0.2) is 17.1 Å². The molecule has 0 unspecified atom stereocenters. The number of methoxy groups -OCH3 is 1. The zero-order chi connectivity index (χ0) is 15.0. The highest BCUT2D eigenvalue weighted by molar-refractivity contribution is 7.18. The number of hydrogen-bond acceptors (Lipinski definition) is 6. The van der Waals surface area contributed by atoms with Crippen molar-refractivity contribution in [2.75, 3.05) is 12.5 Å². The molecular formula is C15H16N4OS. The number of nitrogens with two attached hydrogens (primary N) is 1. The van der Waals surface area contributed by atoms with Crippen molar-refractivity contribution < 1.29 is 4.74 Å². The third kappa shape index (κ3) is 2.32. The zero-order valence-electron chi connectivity index (χ0n) is 12.1. The molecule has 0 aliphatic heterocycles. The monoisotopic (exact) mass is 300 g/mol. The number of thiophene rings is 1. The van der Waals surface area contributed by atoms with E-state index in [9.17, 15) is 0 Å². The normalized spacial score (nSPS) is 10.9. The SMILES string of the molecule is COc1ccc(-c2nc(NN)c3c(C)c(C)sc3n2)cc1. The minimum absolute atomic E-state index is 0.652. The Morgan fingerprint density at radius 1 is 1.14 bits per heavy atom. The second kappa shape index (κ2) is 5.31. The lowest BCUT2D eigenvalue weighted by Gasteiger charge is -2.07. The van der Waals surface area contributed by atoms with Gasteiger partial charge in [0, 0.05) is 10.4 Å². The second-order valence-electron chi connectivity index (χ2n) is 4.73. The fraction of sp³-hybridized carbons (Fsp3) is 0.200. The summed E-state index contributed by atoms with van der Waals surface area (Å²) in [6.45, 7) is 4.14. The molecule has 0 aliphatic carbocycles. The van der Waals surface area contributed by atoms with Crippen LogP contribution in [0.1, 0.15) is 10.4 Å². The van der Waals surface area contributed by atoms with E-state index in [0.717, 1.165) is 21.5 Å². The molecule has 3 N–H and O–H groups in total. The lowest BCUT2D eigenvalue weighted by Crippen LogP contribution is -2.10. The lowest BCUT2D eigenvalue weighted by atomic mass is 10.2. The number of nitrogen functional groups attached to an aromatic ring is 1. The van der Waals surface area contributed by atoms with Crippen LogP contribution in [0.4, 0.5) is 5.82 Å². The number of rotatable bonds is 3. The van der Waals surface area contributed by atoms with E-state index in [2.05, 4.69) is 29.2 Å². The predicted molar refractivity (Wildman–Crippen MR) is 86.7 cm³/mol. The van der Waals surface area contributed by atoms with E-state index >= 15 is 0 Å². The molecule has 0 spiro atoms. The molecule has 0 fully saturated rings. The van der Waals surface area contributed by atoms with Gasteiger partial charge in [-0.3, -0.25) is 0 Å². The fourth-order valence-corrected chi connectivity index (χ4v) is 3.25. The van der Waals surface area contributed by atoms with Crippen molar-refractivity contribution >= 4 is 27.4 Å². The second-order valence-corrected chi connectivity index (χ2v) is 5.94. The average molecular weight is 300 g/mol. The van der Waals surface area contributed by atoms with Gasteiger partial charge in [0.15, 0.2) is 11.6 Å². The number of aryl methyl sites for hydroxylation is 2. The minimum Gasteiger partial charge on any atom is -0.497 e. The highest BCUT2D eigenvalue weighted by atomic mass is 32.1. The van der Waals surface area contributed by atoms with Crippen LogP contribution in [0.25, 0.3) is 21.6 Å². The van der Waals surface area contributed by atoms with Crippen molar-refractivity contribution in [2.45, 2.75) is 13.8 Å². The summed E-state index contributed by atoms with van der Waals surface area (Å²) in [5, 5.41) is 0.997. The Bertz CT molecular complexity index is 796. The first-order valence-corrected chi connectivity index (χ1v) is 7.34. The summed E-state index contributed by atoms with van der Waals surface area (Å²) in [7, 11) is 1.64. The molecular weight excluding hydrogens is 284 g/mol. The van der Waals surface area contributed by atoms with Crippen LogP contribution >= 0.6 is 11.3 Å². The number of nitrogens with one attached hydrogen (secondary N) is 1. The Labute approximate surface area is 126 Å². The van der Waals surface area contributed by atoms with Crippen LogP contribution in [0.15, 0.2) is 24.3 Å². The molecule has 0 atom stereocenters. The smallest absolute Gasteiger partial charge is 0.163 e. The van der Waals surface area contributed by atoms with Crippen LogP contribution in [0.2, 0.25) is 0 Å². The third-order valence-corrected chi connectivity index (χ3v) is 4.61. The Morgan fingerprint density at radius 2 is 1.86 bits per heavy atom. The maximum atomic E-state index is 5.63. The molecule has 108 valence electrons. The first-order chi connectivity index (χ1) is 10.1. The number of ether oxygens (including phenoxy) is 1. The van der Waals surface area contributed by atoms with Gasteiger partial charge in [-0.25, -0.2) is 15.8 Å². The van der Waals surface area contributed by atoms with Gasteiger partial charge in [-0.2, -0.15) is 0 Å².